The van der Waals surface area contributed by atoms with E-state index >= 15 is 0 Å². The summed E-state index contributed by atoms with van der Waals surface area (Å²) in [6, 6.07) is 5.29. The number of aromatic nitrogens is 7. The molecule has 6 rings (SSSR count). The smallest absolute Gasteiger partial charge is 0.291 e. The molecule has 1 aliphatic heterocycles. The molecule has 104 heavy (non-hydrogen) atoms. The average Bonchev–Trinajstić information content (AvgIpc) is 0.852. The molecule has 0 fully saturated rings. The van der Waals surface area contributed by atoms with Crippen molar-refractivity contribution in [2.75, 3.05) is 175 Å². The highest BCUT2D eigenvalue weighted by molar-refractivity contribution is 6.03. The number of benzene rings is 1. The van der Waals surface area contributed by atoms with Gasteiger partial charge in [-0.05, 0) is 24.6 Å². The maximum absolute atomic E-state index is 13.6. The quantitative estimate of drug-likeness (QED) is 0.0156. The third-order valence-corrected chi connectivity index (χ3v) is 15.5. The van der Waals surface area contributed by atoms with Gasteiger partial charge in [0.15, 0.2) is 29.0 Å². The zero-order chi connectivity index (χ0) is 75.2. The molecule has 1 aliphatic rings. The summed E-state index contributed by atoms with van der Waals surface area (Å²) in [7, 11) is 8.21. The molecule has 37 nitrogen and oxygen atoms in total. The van der Waals surface area contributed by atoms with E-state index in [1.165, 1.54) is 52.0 Å². The molecule has 0 bridgehead atoms. The molecule has 1 aromatic carbocycles. The van der Waals surface area contributed by atoms with E-state index in [1.807, 2.05) is 20.8 Å². The van der Waals surface area contributed by atoms with Crippen LogP contribution in [0.1, 0.15) is 95.2 Å². The number of hydrogen-bond donors (Lipinski definition) is 8. The Labute approximate surface area is 602 Å². The Bertz CT molecular complexity index is 3620. The third kappa shape index (κ3) is 29.1. The van der Waals surface area contributed by atoms with E-state index in [1.54, 1.807) is 67.7 Å². The third-order valence-electron chi connectivity index (χ3n) is 15.5. The number of likely N-dealkylation sites (N-methyl/N-ethyl adjacent to an activating group) is 1. The van der Waals surface area contributed by atoms with Gasteiger partial charge >= 0.3 is 0 Å². The maximum Gasteiger partial charge on any atom is 0.291 e. The minimum atomic E-state index is -0.729. The lowest BCUT2D eigenvalue weighted by atomic mass is 9.80. The van der Waals surface area contributed by atoms with Crippen molar-refractivity contribution in [3.8, 4) is 11.5 Å². The first-order valence-corrected chi connectivity index (χ1v) is 34.2. The van der Waals surface area contributed by atoms with Crippen LogP contribution < -0.4 is 52.0 Å². The van der Waals surface area contributed by atoms with Crippen molar-refractivity contribution in [1.29, 1.82) is 0 Å². The molecule has 0 saturated heterocycles. The maximum atomic E-state index is 13.6. The fraction of sp³-hybridized carbons (Fsp3) is 0.567. The van der Waals surface area contributed by atoms with Gasteiger partial charge in [0.2, 0.25) is 29.4 Å². The topological polar surface area (TPSA) is 430 Å². The first-order chi connectivity index (χ1) is 50.0. The number of carbonyl (C=O) groups excluding carboxylic acids is 8. The number of nitro benzene ring substituents is 1. The van der Waals surface area contributed by atoms with E-state index in [0.717, 1.165) is 12.8 Å². The van der Waals surface area contributed by atoms with Crippen molar-refractivity contribution >= 4 is 70.3 Å². The predicted molar refractivity (Wildman–Crippen MR) is 376 cm³/mol. The van der Waals surface area contributed by atoms with Crippen LogP contribution >= 0.6 is 0 Å². The van der Waals surface area contributed by atoms with Crippen molar-refractivity contribution in [3.05, 3.63) is 100 Å². The standard InChI is InChI=1S/C67H99N17O20/c1-9-10-22-103-52-41-48(84(93)94)11-12-51(52)104-39-38-102-37-36-101-35-34-100-33-32-99-31-30-98-29-28-97-27-26-96-25-24-95-23-20-68-56(85)13-16-72-64(90)60-77-54(45-82(60)7)75-58(87)15-18-71-63(89)50-42-67(2,3)53(44-81(50)6)74-66(92)61-78-55(46-83(61)8)76-57(86)14-17-70-62(88)49-40-47(43-80(49)5)73-65(91)59-69-19-21-79(59)4/h11-12,19,21,40-43,45-46,53H,9-10,13-18,20,22-39,44H2,1-8H3,(H,68,85)(H,70,88)(H,71,89)(H,72,90)(H,73,91)(H,74,92)(H,75,87)(H,76,86). The van der Waals surface area contributed by atoms with Gasteiger partial charge in [-0.2, -0.15) is 0 Å². The molecule has 8 amide bonds. The summed E-state index contributed by atoms with van der Waals surface area (Å²) in [6.45, 7) is 13.0. The van der Waals surface area contributed by atoms with Crippen LogP contribution in [0.2, 0.25) is 0 Å². The van der Waals surface area contributed by atoms with Crippen LogP contribution in [0.5, 0.6) is 11.5 Å². The first-order valence-electron chi connectivity index (χ1n) is 34.2. The number of aryl methyl sites for hydroxylation is 4. The summed E-state index contributed by atoms with van der Waals surface area (Å²) in [5.41, 5.74) is 0.176. The number of hydrogen-bond acceptors (Lipinski definition) is 24. The zero-order valence-corrected chi connectivity index (χ0v) is 60.3. The van der Waals surface area contributed by atoms with Crippen molar-refractivity contribution in [3.63, 3.8) is 0 Å². The second kappa shape index (κ2) is 44.6. The van der Waals surface area contributed by atoms with E-state index in [-0.39, 0.29) is 112 Å². The van der Waals surface area contributed by atoms with Crippen molar-refractivity contribution in [2.45, 2.75) is 58.9 Å². The molecule has 0 radical (unpaired) electrons. The van der Waals surface area contributed by atoms with Gasteiger partial charge in [-0.1, -0.05) is 27.2 Å². The summed E-state index contributed by atoms with van der Waals surface area (Å²) in [5, 5.41) is 33.0. The number of imidazole rings is 3. The number of ether oxygens (including phenoxy) is 10. The summed E-state index contributed by atoms with van der Waals surface area (Å²) in [4.78, 5) is 129. The van der Waals surface area contributed by atoms with Crippen LogP contribution in [0.25, 0.3) is 0 Å². The Balaban J connectivity index is 0.709. The Morgan fingerprint density at radius 1 is 0.519 bits per heavy atom. The molecule has 8 N–H and O–H groups in total. The van der Waals surface area contributed by atoms with Crippen LogP contribution in [-0.2, 0) is 85.3 Å². The SMILES string of the molecule is CCCCOc1cc([N+](=O)[O-])ccc1OCCOCCOCCOCCOCCOCCOCCOCCOCCNC(=O)CCNC(=O)c1nc(NC(=O)CCNC(=O)C2=CC(C)(C)C(NC(=O)c3nc(NC(=O)CCNC(=O)c4cc(NC(=O)c5nccn5C)cn4C)cn3C)CN2C)cn1C. The van der Waals surface area contributed by atoms with E-state index < -0.39 is 57.7 Å². The molecule has 4 aromatic heterocycles. The van der Waals surface area contributed by atoms with Crippen LogP contribution in [0.15, 0.2) is 67.0 Å². The summed E-state index contributed by atoms with van der Waals surface area (Å²) >= 11 is 0. The highest BCUT2D eigenvalue weighted by atomic mass is 16.6. The average molecular weight is 1460 g/mol. The highest BCUT2D eigenvalue weighted by Gasteiger charge is 2.38. The highest BCUT2D eigenvalue weighted by Crippen LogP contribution is 2.33. The molecule has 5 aromatic rings. The number of anilines is 3. The summed E-state index contributed by atoms with van der Waals surface area (Å²) < 4.78 is 61.6. The molecule has 0 spiro atoms. The number of rotatable bonds is 51. The van der Waals surface area contributed by atoms with Crippen LogP contribution in [-0.4, -0.2) is 255 Å². The molecular formula is C67H99N17O20. The van der Waals surface area contributed by atoms with Crippen LogP contribution in [0, 0.1) is 15.5 Å². The number of nitro groups is 1. The predicted octanol–water partition coefficient (Wildman–Crippen LogP) is 1.87. The minimum absolute atomic E-state index is 0.000458. The fourth-order valence-electron chi connectivity index (χ4n) is 9.88. The van der Waals surface area contributed by atoms with Crippen molar-refractivity contribution in [2.24, 2.45) is 33.6 Å². The number of unbranched alkanes of at least 4 members (excludes halogenated alkanes) is 1. The van der Waals surface area contributed by atoms with E-state index in [9.17, 15) is 48.5 Å². The number of nitrogens with zero attached hydrogens (tertiary/aromatic N) is 9. The molecule has 0 saturated carbocycles. The number of nitrogens with one attached hydrogen (secondary N) is 8. The van der Waals surface area contributed by atoms with Gasteiger partial charge in [0.25, 0.3) is 35.2 Å². The molecule has 0 aliphatic carbocycles. The zero-order valence-electron chi connectivity index (χ0n) is 60.3. The van der Waals surface area contributed by atoms with Crippen LogP contribution in [0.3, 0.4) is 0 Å². The van der Waals surface area contributed by atoms with Gasteiger partial charge in [0.05, 0.1) is 141 Å². The Kier molecular flexibility index (Phi) is 35.6. The molecule has 572 valence electrons. The van der Waals surface area contributed by atoms with Gasteiger partial charge in [-0.15, -0.1) is 0 Å². The molecular weight excluding hydrogens is 1360 g/mol. The Hall–Kier alpha value is -9.89. The van der Waals surface area contributed by atoms with Gasteiger partial charge in [0, 0.05) is 130 Å². The molecule has 1 atom stereocenters. The first kappa shape index (κ1) is 83.1. The van der Waals surface area contributed by atoms with Crippen LogP contribution in [0.4, 0.5) is 23.0 Å². The summed E-state index contributed by atoms with van der Waals surface area (Å²) in [5.74, 6) is -2.44. The van der Waals surface area contributed by atoms with Gasteiger partial charge in [0.1, 0.15) is 12.3 Å². The monoisotopic (exact) mass is 1460 g/mol. The van der Waals surface area contributed by atoms with Gasteiger partial charge in [-0.3, -0.25) is 48.5 Å². The van der Waals surface area contributed by atoms with Gasteiger partial charge < -0.3 is 113 Å². The van der Waals surface area contributed by atoms with Crippen molar-refractivity contribution in [1.82, 2.24) is 64.7 Å². The van der Waals surface area contributed by atoms with E-state index in [4.69, 9.17) is 47.4 Å². The normalized spacial score (nSPS) is 13.2. The number of non-ortho nitro benzene ring substituents is 1. The molecule has 5 heterocycles. The molecule has 37 heteroatoms. The second-order valence-electron chi connectivity index (χ2n) is 24.2. The van der Waals surface area contributed by atoms with E-state index in [0.29, 0.717) is 129 Å². The number of amides is 8. The molecule has 1 unspecified atom stereocenters. The van der Waals surface area contributed by atoms with Gasteiger partial charge in [-0.25, -0.2) is 15.0 Å². The lowest BCUT2D eigenvalue weighted by Crippen LogP contribution is -2.55. The lowest BCUT2D eigenvalue weighted by molar-refractivity contribution is -0.385. The summed E-state index contributed by atoms with van der Waals surface area (Å²) in [6.07, 6.45) is 10.9. The second-order valence-corrected chi connectivity index (χ2v) is 24.2. The van der Waals surface area contributed by atoms with Crippen molar-refractivity contribution < 1.29 is 90.6 Å². The van der Waals surface area contributed by atoms with E-state index in [2.05, 4.69) is 57.5 Å². The largest absolute Gasteiger partial charge is 0.489 e. The minimum Gasteiger partial charge on any atom is -0.489 e. The fourth-order valence-corrected chi connectivity index (χ4v) is 9.88. The number of carbonyl (C=O) groups is 8. The lowest BCUT2D eigenvalue weighted by Gasteiger charge is -2.41. The Morgan fingerprint density at radius 2 is 1.01 bits per heavy atom. The Morgan fingerprint density at radius 3 is 1.53 bits per heavy atom.